The molecule has 4 heteroatoms. The second-order valence-corrected chi connectivity index (χ2v) is 5.85. The summed E-state index contributed by atoms with van der Waals surface area (Å²) in [6, 6.07) is 18.7. The predicted molar refractivity (Wildman–Crippen MR) is 98.3 cm³/mol. The van der Waals surface area contributed by atoms with Crippen molar-refractivity contribution in [1.82, 2.24) is 5.32 Å². The van der Waals surface area contributed by atoms with Crippen LogP contribution in [-0.2, 0) is 17.9 Å². The second kappa shape index (κ2) is 8.60. The van der Waals surface area contributed by atoms with Crippen LogP contribution in [0.25, 0.3) is 10.8 Å². The number of rotatable bonds is 8. The number of fused-ring (bicyclic) bond motifs is 1. The van der Waals surface area contributed by atoms with E-state index in [0.29, 0.717) is 19.8 Å². The molecule has 0 spiro atoms. The Bertz CT molecular complexity index is 818. The molecular formula is C21H22FNO2. The van der Waals surface area contributed by atoms with Gasteiger partial charge in [-0.1, -0.05) is 42.5 Å². The zero-order valence-electron chi connectivity index (χ0n) is 14.3. The Morgan fingerprint density at radius 2 is 1.76 bits per heavy atom. The van der Waals surface area contributed by atoms with Gasteiger partial charge in [-0.05, 0) is 34.5 Å². The Labute approximate surface area is 147 Å². The van der Waals surface area contributed by atoms with Crippen molar-refractivity contribution >= 4 is 10.8 Å². The standard InChI is InChI=1S/C21H22FNO2/c1-24-13-12-23-14-20-19-5-3-2-4-17(19)8-11-21(20)25-15-16-6-9-18(22)10-7-16/h2-11,23H,12-15H2,1H3. The van der Waals surface area contributed by atoms with E-state index in [9.17, 15) is 4.39 Å². The molecule has 0 fully saturated rings. The molecule has 3 nitrogen and oxygen atoms in total. The molecule has 3 aromatic carbocycles. The van der Waals surface area contributed by atoms with Gasteiger partial charge >= 0.3 is 0 Å². The highest BCUT2D eigenvalue weighted by Gasteiger charge is 2.09. The van der Waals surface area contributed by atoms with Crippen LogP contribution in [0.3, 0.4) is 0 Å². The molecule has 0 saturated carbocycles. The molecule has 0 amide bonds. The molecule has 130 valence electrons. The minimum Gasteiger partial charge on any atom is -0.489 e. The van der Waals surface area contributed by atoms with Gasteiger partial charge in [-0.3, -0.25) is 0 Å². The Balaban J connectivity index is 1.81. The molecule has 0 atom stereocenters. The number of hydrogen-bond donors (Lipinski definition) is 1. The molecule has 0 aliphatic rings. The van der Waals surface area contributed by atoms with Crippen LogP contribution in [0.1, 0.15) is 11.1 Å². The van der Waals surface area contributed by atoms with E-state index in [1.54, 1.807) is 19.2 Å². The van der Waals surface area contributed by atoms with Gasteiger partial charge < -0.3 is 14.8 Å². The van der Waals surface area contributed by atoms with Crippen LogP contribution in [0, 0.1) is 5.82 Å². The van der Waals surface area contributed by atoms with Crippen LogP contribution in [0.2, 0.25) is 0 Å². The van der Waals surface area contributed by atoms with E-state index in [1.165, 1.54) is 22.9 Å². The second-order valence-electron chi connectivity index (χ2n) is 5.85. The fourth-order valence-electron chi connectivity index (χ4n) is 2.76. The van der Waals surface area contributed by atoms with Crippen molar-refractivity contribution in [2.75, 3.05) is 20.3 Å². The highest BCUT2D eigenvalue weighted by atomic mass is 19.1. The maximum atomic E-state index is 13.0. The van der Waals surface area contributed by atoms with Gasteiger partial charge in [-0.15, -0.1) is 0 Å². The molecule has 3 rings (SSSR count). The third-order valence-electron chi connectivity index (χ3n) is 4.09. The van der Waals surface area contributed by atoms with E-state index in [4.69, 9.17) is 9.47 Å². The third kappa shape index (κ3) is 4.56. The van der Waals surface area contributed by atoms with Gasteiger partial charge in [-0.2, -0.15) is 0 Å². The van der Waals surface area contributed by atoms with E-state index in [2.05, 4.69) is 23.5 Å². The number of nitrogens with one attached hydrogen (secondary N) is 1. The highest BCUT2D eigenvalue weighted by molar-refractivity contribution is 5.87. The number of benzene rings is 3. The lowest BCUT2D eigenvalue weighted by molar-refractivity contribution is 0.199. The molecule has 0 bridgehead atoms. The molecule has 0 aliphatic carbocycles. The van der Waals surface area contributed by atoms with Crippen molar-refractivity contribution in [3.63, 3.8) is 0 Å². The van der Waals surface area contributed by atoms with Gasteiger partial charge in [-0.25, -0.2) is 4.39 Å². The highest BCUT2D eigenvalue weighted by Crippen LogP contribution is 2.28. The lowest BCUT2D eigenvalue weighted by Gasteiger charge is -2.15. The summed E-state index contributed by atoms with van der Waals surface area (Å²) in [5.41, 5.74) is 2.06. The smallest absolute Gasteiger partial charge is 0.124 e. The molecule has 0 saturated heterocycles. The first-order valence-electron chi connectivity index (χ1n) is 8.35. The van der Waals surface area contributed by atoms with Gasteiger partial charge in [0.25, 0.3) is 0 Å². The Kier molecular flexibility index (Phi) is 5.99. The van der Waals surface area contributed by atoms with E-state index in [1.807, 2.05) is 18.2 Å². The fraction of sp³-hybridized carbons (Fsp3) is 0.238. The summed E-state index contributed by atoms with van der Waals surface area (Å²) in [4.78, 5) is 0. The lowest BCUT2D eigenvalue weighted by atomic mass is 10.0. The fourth-order valence-corrected chi connectivity index (χ4v) is 2.76. The van der Waals surface area contributed by atoms with E-state index in [-0.39, 0.29) is 5.82 Å². The summed E-state index contributed by atoms with van der Waals surface area (Å²) in [6.45, 7) is 2.54. The van der Waals surface area contributed by atoms with Crippen molar-refractivity contribution < 1.29 is 13.9 Å². The van der Waals surface area contributed by atoms with E-state index >= 15 is 0 Å². The van der Waals surface area contributed by atoms with Crippen molar-refractivity contribution in [1.29, 1.82) is 0 Å². The molecule has 0 unspecified atom stereocenters. The number of halogens is 1. The van der Waals surface area contributed by atoms with Gasteiger partial charge in [0.15, 0.2) is 0 Å². The Morgan fingerprint density at radius 1 is 0.960 bits per heavy atom. The molecule has 1 N–H and O–H groups in total. The zero-order chi connectivity index (χ0) is 17.5. The predicted octanol–water partition coefficient (Wildman–Crippen LogP) is 4.29. The molecule has 0 aromatic heterocycles. The maximum absolute atomic E-state index is 13.0. The average molecular weight is 339 g/mol. The first-order valence-corrected chi connectivity index (χ1v) is 8.35. The molecular weight excluding hydrogens is 317 g/mol. The van der Waals surface area contributed by atoms with Gasteiger partial charge in [0, 0.05) is 25.8 Å². The monoisotopic (exact) mass is 339 g/mol. The van der Waals surface area contributed by atoms with Crippen molar-refractivity contribution in [2.24, 2.45) is 0 Å². The Morgan fingerprint density at radius 3 is 2.56 bits per heavy atom. The third-order valence-corrected chi connectivity index (χ3v) is 4.09. The van der Waals surface area contributed by atoms with Crippen LogP contribution in [-0.4, -0.2) is 20.3 Å². The molecule has 3 aromatic rings. The molecule has 0 radical (unpaired) electrons. The minimum absolute atomic E-state index is 0.238. The van der Waals surface area contributed by atoms with Crippen molar-refractivity contribution in [3.8, 4) is 5.75 Å². The average Bonchev–Trinajstić information content (AvgIpc) is 2.65. The number of hydrogen-bond acceptors (Lipinski definition) is 3. The summed E-state index contributed by atoms with van der Waals surface area (Å²) in [5, 5.41) is 5.74. The summed E-state index contributed by atoms with van der Waals surface area (Å²) in [5.74, 6) is 0.602. The number of ether oxygens (including phenoxy) is 2. The molecule has 0 aliphatic heterocycles. The van der Waals surface area contributed by atoms with Crippen LogP contribution < -0.4 is 10.1 Å². The summed E-state index contributed by atoms with van der Waals surface area (Å²) in [6.07, 6.45) is 0. The SMILES string of the molecule is COCCNCc1c(OCc2ccc(F)cc2)ccc2ccccc12. The topological polar surface area (TPSA) is 30.5 Å². The first-order chi connectivity index (χ1) is 12.3. The molecule has 25 heavy (non-hydrogen) atoms. The van der Waals surface area contributed by atoms with Gasteiger partial charge in [0.05, 0.1) is 6.61 Å². The minimum atomic E-state index is -0.238. The molecule has 0 heterocycles. The van der Waals surface area contributed by atoms with Gasteiger partial charge in [0.2, 0.25) is 0 Å². The van der Waals surface area contributed by atoms with Gasteiger partial charge in [0.1, 0.15) is 18.2 Å². The zero-order valence-corrected chi connectivity index (χ0v) is 14.3. The van der Waals surface area contributed by atoms with Crippen LogP contribution >= 0.6 is 0 Å². The summed E-state index contributed by atoms with van der Waals surface area (Å²) < 4.78 is 24.2. The normalized spacial score (nSPS) is 11.0. The largest absolute Gasteiger partial charge is 0.489 e. The van der Waals surface area contributed by atoms with Crippen LogP contribution in [0.15, 0.2) is 60.7 Å². The summed E-state index contributed by atoms with van der Waals surface area (Å²) >= 11 is 0. The van der Waals surface area contributed by atoms with Crippen LogP contribution in [0.4, 0.5) is 4.39 Å². The van der Waals surface area contributed by atoms with E-state index in [0.717, 1.165) is 23.4 Å². The van der Waals surface area contributed by atoms with E-state index < -0.39 is 0 Å². The first kappa shape index (κ1) is 17.4. The van der Waals surface area contributed by atoms with Crippen molar-refractivity contribution in [3.05, 3.63) is 77.6 Å². The number of methoxy groups -OCH3 is 1. The maximum Gasteiger partial charge on any atom is 0.124 e. The summed E-state index contributed by atoms with van der Waals surface area (Å²) in [7, 11) is 1.69. The van der Waals surface area contributed by atoms with Crippen LogP contribution in [0.5, 0.6) is 5.75 Å². The Hall–Kier alpha value is -2.43. The lowest BCUT2D eigenvalue weighted by Crippen LogP contribution is -2.19. The van der Waals surface area contributed by atoms with Crippen molar-refractivity contribution in [2.45, 2.75) is 13.2 Å². The quantitative estimate of drug-likeness (QED) is 0.621.